The van der Waals surface area contributed by atoms with Crippen LogP contribution in [0.2, 0.25) is 0 Å². The van der Waals surface area contributed by atoms with E-state index >= 15 is 0 Å². The van der Waals surface area contributed by atoms with Gasteiger partial charge in [-0.05, 0) is 38.5 Å². The van der Waals surface area contributed by atoms with Gasteiger partial charge in [-0.1, -0.05) is 30.3 Å². The predicted octanol–water partition coefficient (Wildman–Crippen LogP) is 4.31. The number of carbonyl (C=O) groups excluding carboxylic acids is 2. The quantitative estimate of drug-likeness (QED) is 0.365. The Labute approximate surface area is 212 Å². The van der Waals surface area contributed by atoms with E-state index in [1.54, 1.807) is 50.8 Å². The zero-order valence-corrected chi connectivity index (χ0v) is 21.0. The highest BCUT2D eigenvalue weighted by Gasteiger charge is 2.34. The molecule has 0 aliphatic rings. The van der Waals surface area contributed by atoms with E-state index in [4.69, 9.17) is 4.74 Å². The van der Waals surface area contributed by atoms with Gasteiger partial charge in [0.25, 0.3) is 0 Å². The summed E-state index contributed by atoms with van der Waals surface area (Å²) in [6, 6.07) is 12.1. The zero-order chi connectivity index (χ0) is 25.5. The van der Waals surface area contributed by atoms with Crippen molar-refractivity contribution in [3.8, 4) is 11.4 Å². The topological polar surface area (TPSA) is 126 Å². The van der Waals surface area contributed by atoms with E-state index in [2.05, 4.69) is 30.5 Å². The summed E-state index contributed by atoms with van der Waals surface area (Å²) in [5, 5.41) is 11.5. The minimum atomic E-state index is -0.910. The number of rotatable bonds is 8. The van der Waals surface area contributed by atoms with Crippen LogP contribution in [0.25, 0.3) is 11.4 Å². The summed E-state index contributed by atoms with van der Waals surface area (Å²) in [5.74, 6) is 0.140. The van der Waals surface area contributed by atoms with Gasteiger partial charge in [-0.2, -0.15) is 4.98 Å². The fraction of sp³-hybridized carbons (Fsp3) is 0.280. The van der Waals surface area contributed by atoms with Crippen LogP contribution in [0.1, 0.15) is 32.0 Å². The van der Waals surface area contributed by atoms with Crippen molar-refractivity contribution in [1.29, 1.82) is 0 Å². The summed E-state index contributed by atoms with van der Waals surface area (Å²) in [5.41, 5.74) is 3.27. The van der Waals surface area contributed by atoms with E-state index in [0.717, 1.165) is 11.1 Å². The molecule has 36 heavy (non-hydrogen) atoms. The van der Waals surface area contributed by atoms with Crippen molar-refractivity contribution in [2.75, 3.05) is 5.32 Å². The number of nitrogens with one attached hydrogen (secondary N) is 2. The van der Waals surface area contributed by atoms with Crippen molar-refractivity contribution in [3.05, 3.63) is 77.0 Å². The minimum absolute atomic E-state index is 0.0997. The van der Waals surface area contributed by atoms with Crippen LogP contribution < -0.4 is 5.32 Å². The molecule has 1 aromatic carbocycles. The molecule has 2 amide bonds. The van der Waals surface area contributed by atoms with Crippen LogP contribution in [-0.4, -0.2) is 53.7 Å². The molecule has 0 saturated heterocycles. The first-order chi connectivity index (χ1) is 17.3. The van der Waals surface area contributed by atoms with Gasteiger partial charge in [-0.25, -0.2) is 9.78 Å². The molecular weight excluding hydrogens is 478 g/mol. The standard InChI is InChI=1S/C25H27N7O3S/c1-25(2,3)35-24(34)32(14-19-15-36-16-27-19)20(13-17-7-5-4-6-8-17)22(33)29-23-28-21(30-31-23)18-9-11-26-12-10-18/h4-12,15-16,20H,13-14H2,1-3H3,(H2,28,29,30,31,33). The molecule has 11 heteroatoms. The molecule has 0 aliphatic carbocycles. The normalized spacial score (nSPS) is 12.1. The number of aromatic nitrogens is 5. The molecule has 4 aromatic rings. The molecule has 0 spiro atoms. The van der Waals surface area contributed by atoms with Crippen molar-refractivity contribution >= 4 is 29.3 Å². The van der Waals surface area contributed by atoms with Crippen molar-refractivity contribution in [2.45, 2.75) is 45.4 Å². The Morgan fingerprint density at radius 2 is 1.89 bits per heavy atom. The molecule has 2 N–H and O–H groups in total. The number of H-pyrrole nitrogens is 1. The summed E-state index contributed by atoms with van der Waals surface area (Å²) in [6.45, 7) is 5.46. The first-order valence-electron chi connectivity index (χ1n) is 11.3. The summed E-state index contributed by atoms with van der Waals surface area (Å²) in [7, 11) is 0. The first kappa shape index (κ1) is 25.0. The second kappa shape index (κ2) is 11.1. The third-order valence-corrected chi connectivity index (χ3v) is 5.70. The second-order valence-corrected chi connectivity index (χ2v) is 9.74. The lowest BCUT2D eigenvalue weighted by Gasteiger charge is -2.32. The number of nitrogens with zero attached hydrogens (tertiary/aromatic N) is 5. The van der Waals surface area contributed by atoms with Crippen LogP contribution in [0, 0.1) is 0 Å². The molecule has 3 aromatic heterocycles. The Bertz CT molecular complexity index is 1270. The second-order valence-electron chi connectivity index (χ2n) is 9.03. The molecule has 1 unspecified atom stereocenters. The van der Waals surface area contributed by atoms with Gasteiger partial charge in [0.15, 0.2) is 5.82 Å². The number of ether oxygens (including phenoxy) is 1. The molecule has 1 atom stereocenters. The van der Waals surface area contributed by atoms with Gasteiger partial charge in [0.1, 0.15) is 11.6 Å². The van der Waals surface area contributed by atoms with Crippen LogP contribution >= 0.6 is 11.3 Å². The smallest absolute Gasteiger partial charge is 0.411 e. The Kier molecular flexibility index (Phi) is 7.69. The molecule has 0 radical (unpaired) electrons. The van der Waals surface area contributed by atoms with Crippen LogP contribution in [-0.2, 0) is 22.5 Å². The molecule has 0 aliphatic heterocycles. The summed E-state index contributed by atoms with van der Waals surface area (Å²) in [4.78, 5) is 41.0. The third-order valence-electron chi connectivity index (χ3n) is 5.07. The molecule has 0 fully saturated rings. The first-order valence-corrected chi connectivity index (χ1v) is 12.3. The maximum atomic E-state index is 13.6. The number of hydrogen-bond donors (Lipinski definition) is 2. The van der Waals surface area contributed by atoms with Crippen molar-refractivity contribution in [1.82, 2.24) is 30.0 Å². The van der Waals surface area contributed by atoms with Crippen LogP contribution in [0.3, 0.4) is 0 Å². The van der Waals surface area contributed by atoms with Gasteiger partial charge in [-0.3, -0.25) is 25.1 Å². The monoisotopic (exact) mass is 505 g/mol. The number of anilines is 1. The molecule has 0 bridgehead atoms. The molecule has 10 nitrogen and oxygen atoms in total. The number of amides is 2. The van der Waals surface area contributed by atoms with E-state index < -0.39 is 23.6 Å². The van der Waals surface area contributed by atoms with E-state index in [9.17, 15) is 9.59 Å². The number of thiazole rings is 1. The summed E-state index contributed by atoms with van der Waals surface area (Å²) in [6.07, 6.45) is 2.93. The number of benzene rings is 1. The Morgan fingerprint density at radius 3 is 2.56 bits per heavy atom. The average Bonchev–Trinajstić information content (AvgIpc) is 3.54. The van der Waals surface area contributed by atoms with Gasteiger partial charge in [0, 0.05) is 29.8 Å². The number of pyridine rings is 1. The van der Waals surface area contributed by atoms with Gasteiger partial charge < -0.3 is 4.74 Å². The van der Waals surface area contributed by atoms with Crippen molar-refractivity contribution < 1.29 is 14.3 Å². The minimum Gasteiger partial charge on any atom is -0.444 e. The highest BCUT2D eigenvalue weighted by molar-refractivity contribution is 7.07. The Balaban J connectivity index is 1.63. The highest BCUT2D eigenvalue weighted by atomic mass is 32.1. The maximum Gasteiger partial charge on any atom is 0.411 e. The van der Waals surface area contributed by atoms with Crippen molar-refractivity contribution in [2.24, 2.45) is 0 Å². The SMILES string of the molecule is CC(C)(C)OC(=O)N(Cc1cscn1)C(Cc1ccccc1)C(=O)Nc1n[nH]c(-c2ccncc2)n1. The zero-order valence-electron chi connectivity index (χ0n) is 20.2. The largest absolute Gasteiger partial charge is 0.444 e. The number of hydrogen-bond acceptors (Lipinski definition) is 8. The predicted molar refractivity (Wildman–Crippen MR) is 136 cm³/mol. The fourth-order valence-corrected chi connectivity index (χ4v) is 3.99. The number of carbonyl (C=O) groups is 2. The Hall–Kier alpha value is -4.12. The van der Waals surface area contributed by atoms with E-state index in [1.165, 1.54) is 16.2 Å². The molecule has 186 valence electrons. The fourth-order valence-electron chi connectivity index (χ4n) is 3.44. The summed E-state index contributed by atoms with van der Waals surface area (Å²) < 4.78 is 5.67. The van der Waals surface area contributed by atoms with Crippen molar-refractivity contribution in [3.63, 3.8) is 0 Å². The van der Waals surface area contributed by atoms with Crippen LogP contribution in [0.15, 0.2) is 65.7 Å². The highest BCUT2D eigenvalue weighted by Crippen LogP contribution is 2.20. The third kappa shape index (κ3) is 6.72. The average molecular weight is 506 g/mol. The van der Waals surface area contributed by atoms with Gasteiger partial charge in [-0.15, -0.1) is 16.4 Å². The number of aromatic amines is 1. The van der Waals surface area contributed by atoms with E-state index in [-0.39, 0.29) is 18.9 Å². The molecular formula is C25H27N7O3S. The lowest BCUT2D eigenvalue weighted by molar-refractivity contribution is -0.121. The molecule has 0 saturated carbocycles. The maximum absolute atomic E-state index is 13.6. The van der Waals surface area contributed by atoms with E-state index in [0.29, 0.717) is 11.5 Å². The lowest BCUT2D eigenvalue weighted by Crippen LogP contribution is -2.50. The van der Waals surface area contributed by atoms with Gasteiger partial charge >= 0.3 is 6.09 Å². The Morgan fingerprint density at radius 1 is 1.14 bits per heavy atom. The molecule has 3 heterocycles. The lowest BCUT2D eigenvalue weighted by atomic mass is 10.0. The van der Waals surface area contributed by atoms with Crippen LogP contribution in [0.4, 0.5) is 10.7 Å². The van der Waals surface area contributed by atoms with Gasteiger partial charge in [0.05, 0.1) is 17.7 Å². The summed E-state index contributed by atoms with van der Waals surface area (Å²) >= 11 is 1.41. The molecule has 4 rings (SSSR count). The van der Waals surface area contributed by atoms with Gasteiger partial charge in [0.2, 0.25) is 11.9 Å². The van der Waals surface area contributed by atoms with E-state index in [1.807, 2.05) is 35.7 Å². The van der Waals surface area contributed by atoms with Crippen LogP contribution in [0.5, 0.6) is 0 Å².